The molecule has 0 radical (unpaired) electrons. The predicted octanol–water partition coefficient (Wildman–Crippen LogP) is 1.06. The number of ether oxygens (including phenoxy) is 1. The fourth-order valence-corrected chi connectivity index (χ4v) is 1.02. The number of allylic oxidation sites excluding steroid dienone is 2. The van der Waals surface area contributed by atoms with Crippen molar-refractivity contribution in [3.8, 4) is 0 Å². The Hall–Kier alpha value is -0.800. The zero-order chi connectivity index (χ0) is 8.81. The maximum atomic E-state index is 10.7. The molecule has 1 N–H and O–H groups in total. The molecule has 0 saturated carbocycles. The number of hydrogen-bond donors (Lipinski definition) is 1. The predicted molar refractivity (Wildman–Crippen MR) is 54.0 cm³/mol. The lowest BCUT2D eigenvalue weighted by Crippen LogP contribution is -2.32. The highest BCUT2D eigenvalue weighted by atomic mass is 35.5. The molecule has 0 amide bonds. The third-order valence-electron chi connectivity index (χ3n) is 1.72. The molecule has 74 valence electrons. The summed E-state index contributed by atoms with van der Waals surface area (Å²) in [5.41, 5.74) is 0. The van der Waals surface area contributed by atoms with E-state index in [0.717, 1.165) is 6.42 Å². The summed E-state index contributed by atoms with van der Waals surface area (Å²) in [5.74, 6) is -0.224. The first-order chi connectivity index (χ1) is 5.83. The number of nitrogens with one attached hydrogen (secondary N) is 1. The molecule has 0 aromatic rings. The van der Waals surface area contributed by atoms with E-state index in [2.05, 4.69) is 16.1 Å². The molecule has 13 heavy (non-hydrogen) atoms. The number of hydrogen-bond acceptors (Lipinski definition) is 3. The number of halogens is 1. The van der Waals surface area contributed by atoms with Crippen molar-refractivity contribution in [2.45, 2.75) is 12.5 Å². The number of carbonyl (C=O) groups is 1. The third kappa shape index (κ3) is 4.70. The highest BCUT2D eigenvalue weighted by Crippen LogP contribution is 2.01. The van der Waals surface area contributed by atoms with Crippen molar-refractivity contribution in [1.29, 1.82) is 0 Å². The van der Waals surface area contributed by atoms with Gasteiger partial charge in [0.1, 0.15) is 0 Å². The quantitative estimate of drug-likeness (QED) is 0.697. The third-order valence-corrected chi connectivity index (χ3v) is 1.72. The van der Waals surface area contributed by atoms with Crippen molar-refractivity contribution < 1.29 is 9.53 Å². The topological polar surface area (TPSA) is 38.3 Å². The minimum atomic E-state index is -0.224. The Morgan fingerprint density at radius 1 is 1.62 bits per heavy atom. The van der Waals surface area contributed by atoms with Crippen molar-refractivity contribution in [2.75, 3.05) is 13.7 Å². The Morgan fingerprint density at radius 3 is 2.92 bits per heavy atom. The molecule has 4 heteroatoms. The summed E-state index contributed by atoms with van der Waals surface area (Å²) in [4.78, 5) is 10.7. The van der Waals surface area contributed by atoms with Gasteiger partial charge in [-0.3, -0.25) is 4.79 Å². The molecule has 1 aliphatic rings. The van der Waals surface area contributed by atoms with Crippen LogP contribution in [0.1, 0.15) is 6.42 Å². The summed E-state index contributed by atoms with van der Waals surface area (Å²) in [5, 5.41) is 3.06. The maximum absolute atomic E-state index is 10.7. The van der Waals surface area contributed by atoms with E-state index < -0.39 is 0 Å². The molecule has 0 fully saturated rings. The van der Waals surface area contributed by atoms with Crippen LogP contribution in [-0.2, 0) is 9.53 Å². The van der Waals surface area contributed by atoms with Crippen LogP contribution in [0.4, 0.5) is 0 Å². The highest BCUT2D eigenvalue weighted by molar-refractivity contribution is 5.85. The average molecular weight is 204 g/mol. The second-order valence-corrected chi connectivity index (χ2v) is 2.61. The highest BCUT2D eigenvalue weighted by Gasteiger charge is 2.06. The molecule has 1 unspecified atom stereocenters. The van der Waals surface area contributed by atoms with E-state index in [1.165, 1.54) is 7.11 Å². The molecular weight excluding hydrogens is 190 g/mol. The van der Waals surface area contributed by atoms with Crippen LogP contribution in [0.2, 0.25) is 0 Å². The summed E-state index contributed by atoms with van der Waals surface area (Å²) in [6.07, 6.45) is 9.00. The second-order valence-electron chi connectivity index (χ2n) is 2.61. The fourth-order valence-electron chi connectivity index (χ4n) is 1.02. The van der Waals surface area contributed by atoms with Gasteiger partial charge >= 0.3 is 5.97 Å². The van der Waals surface area contributed by atoms with E-state index in [1.807, 2.05) is 18.2 Å². The van der Waals surface area contributed by atoms with Gasteiger partial charge in [-0.05, 0) is 6.42 Å². The van der Waals surface area contributed by atoms with Gasteiger partial charge < -0.3 is 10.1 Å². The smallest absolute Gasteiger partial charge is 0.319 e. The van der Waals surface area contributed by atoms with Gasteiger partial charge in [0.15, 0.2) is 0 Å². The Morgan fingerprint density at radius 2 is 2.38 bits per heavy atom. The summed E-state index contributed by atoms with van der Waals surface area (Å²) < 4.78 is 4.50. The average Bonchev–Trinajstić information content (AvgIpc) is 2.16. The monoisotopic (exact) mass is 203 g/mol. The Labute approximate surface area is 84.3 Å². The lowest BCUT2D eigenvalue weighted by atomic mass is 10.1. The zero-order valence-electron chi connectivity index (χ0n) is 7.53. The first-order valence-corrected chi connectivity index (χ1v) is 3.96. The van der Waals surface area contributed by atoms with E-state index in [9.17, 15) is 4.79 Å². The SMILES string of the molecule is COC(=O)CNC1C=CC=CC1.Cl. The molecule has 0 heterocycles. The molecule has 0 aromatic carbocycles. The second kappa shape index (κ2) is 6.69. The molecule has 3 nitrogen and oxygen atoms in total. The van der Waals surface area contributed by atoms with Gasteiger partial charge in [-0.2, -0.15) is 0 Å². The number of esters is 1. The van der Waals surface area contributed by atoms with Gasteiger partial charge in [-0.1, -0.05) is 24.3 Å². The van der Waals surface area contributed by atoms with Gasteiger partial charge in [-0.25, -0.2) is 0 Å². The van der Waals surface area contributed by atoms with Crippen molar-refractivity contribution in [2.24, 2.45) is 0 Å². The zero-order valence-corrected chi connectivity index (χ0v) is 8.34. The summed E-state index contributed by atoms with van der Waals surface area (Å²) in [6, 6.07) is 0.272. The molecule has 1 rings (SSSR count). The normalized spacial score (nSPS) is 19.3. The molecule has 0 spiro atoms. The van der Waals surface area contributed by atoms with Crippen LogP contribution >= 0.6 is 12.4 Å². The van der Waals surface area contributed by atoms with Crippen LogP contribution in [0.5, 0.6) is 0 Å². The summed E-state index contributed by atoms with van der Waals surface area (Å²) in [6.45, 7) is 0.277. The van der Waals surface area contributed by atoms with E-state index in [0.29, 0.717) is 0 Å². The first kappa shape index (κ1) is 12.2. The van der Waals surface area contributed by atoms with Crippen LogP contribution < -0.4 is 5.32 Å². The van der Waals surface area contributed by atoms with Crippen molar-refractivity contribution in [1.82, 2.24) is 5.32 Å². The molecule has 0 saturated heterocycles. The van der Waals surface area contributed by atoms with E-state index in [-0.39, 0.29) is 31.0 Å². The minimum absolute atomic E-state index is 0. The molecule has 0 aromatic heterocycles. The van der Waals surface area contributed by atoms with E-state index in [4.69, 9.17) is 0 Å². The number of methoxy groups -OCH3 is 1. The minimum Gasteiger partial charge on any atom is -0.468 e. The van der Waals surface area contributed by atoms with Crippen LogP contribution in [0.3, 0.4) is 0 Å². The molecule has 0 bridgehead atoms. The van der Waals surface area contributed by atoms with Gasteiger partial charge in [0.2, 0.25) is 0 Å². The number of carbonyl (C=O) groups excluding carboxylic acids is 1. The van der Waals surface area contributed by atoms with Crippen LogP contribution in [0.15, 0.2) is 24.3 Å². The molecular formula is C9H14ClNO2. The molecule has 0 aliphatic heterocycles. The summed E-state index contributed by atoms with van der Waals surface area (Å²) >= 11 is 0. The van der Waals surface area contributed by atoms with E-state index in [1.54, 1.807) is 0 Å². The van der Waals surface area contributed by atoms with Gasteiger partial charge in [0.05, 0.1) is 13.7 Å². The van der Waals surface area contributed by atoms with E-state index >= 15 is 0 Å². The molecule has 1 aliphatic carbocycles. The van der Waals surface area contributed by atoms with Crippen LogP contribution in [0.25, 0.3) is 0 Å². The lowest BCUT2D eigenvalue weighted by molar-refractivity contribution is -0.139. The standard InChI is InChI=1S/C9H13NO2.ClH/c1-12-9(11)7-10-8-5-3-2-4-6-8;/h2-5,8,10H,6-7H2,1H3;1H. The Balaban J connectivity index is 0.00000144. The summed E-state index contributed by atoms with van der Waals surface area (Å²) in [7, 11) is 1.39. The van der Waals surface area contributed by atoms with Gasteiger partial charge in [-0.15, -0.1) is 12.4 Å². The molecule has 1 atom stereocenters. The Kier molecular flexibility index (Phi) is 6.28. The van der Waals surface area contributed by atoms with Crippen LogP contribution in [-0.4, -0.2) is 25.7 Å². The number of rotatable bonds is 3. The van der Waals surface area contributed by atoms with Gasteiger partial charge in [0, 0.05) is 6.04 Å². The van der Waals surface area contributed by atoms with Crippen molar-refractivity contribution >= 4 is 18.4 Å². The van der Waals surface area contributed by atoms with Crippen molar-refractivity contribution in [3.05, 3.63) is 24.3 Å². The van der Waals surface area contributed by atoms with Crippen molar-refractivity contribution in [3.63, 3.8) is 0 Å². The Bertz CT molecular complexity index is 214. The largest absolute Gasteiger partial charge is 0.468 e. The lowest BCUT2D eigenvalue weighted by Gasteiger charge is -2.13. The first-order valence-electron chi connectivity index (χ1n) is 3.96. The van der Waals surface area contributed by atoms with Crippen LogP contribution in [0, 0.1) is 0 Å². The fraction of sp³-hybridized carbons (Fsp3) is 0.444. The maximum Gasteiger partial charge on any atom is 0.319 e. The van der Waals surface area contributed by atoms with Gasteiger partial charge in [0.25, 0.3) is 0 Å².